The first kappa shape index (κ1) is 14.0. The number of rotatable bonds is 4. The van der Waals surface area contributed by atoms with Crippen molar-refractivity contribution in [2.75, 3.05) is 6.61 Å². The van der Waals surface area contributed by atoms with Crippen molar-refractivity contribution in [2.24, 2.45) is 16.7 Å². The minimum absolute atomic E-state index is 0.0105. The van der Waals surface area contributed by atoms with Crippen molar-refractivity contribution < 1.29 is 17.7 Å². The molecule has 2 saturated carbocycles. The highest BCUT2D eigenvalue weighted by Crippen LogP contribution is 2.66. The van der Waals surface area contributed by atoms with Gasteiger partial charge in [0.15, 0.2) is 0 Å². The fourth-order valence-electron chi connectivity index (χ4n) is 3.68. The molecule has 0 heterocycles. The van der Waals surface area contributed by atoms with Crippen LogP contribution in [0, 0.1) is 16.7 Å². The number of hydrogen-bond donors (Lipinski definition) is 0. The normalized spacial score (nSPS) is 38.1. The molecule has 104 valence electrons. The minimum Gasteiger partial charge on any atom is -0.445 e. The van der Waals surface area contributed by atoms with Crippen molar-refractivity contribution in [3.8, 4) is 0 Å². The maximum atomic E-state index is 12.4. The van der Waals surface area contributed by atoms with E-state index in [4.69, 9.17) is 4.74 Å². The molecule has 0 saturated heterocycles. The van der Waals surface area contributed by atoms with E-state index in [0.717, 1.165) is 12.8 Å². The van der Waals surface area contributed by atoms with E-state index in [-0.39, 0.29) is 23.5 Å². The molecule has 5 heteroatoms. The average Bonchev–Trinajstić information content (AvgIpc) is 2.56. The second kappa shape index (κ2) is 4.02. The van der Waals surface area contributed by atoms with Crippen LogP contribution in [0.15, 0.2) is 12.1 Å². The van der Waals surface area contributed by atoms with Gasteiger partial charge in [0.1, 0.15) is 0 Å². The van der Waals surface area contributed by atoms with E-state index in [9.17, 15) is 12.9 Å². The Morgan fingerprint density at radius 1 is 1.33 bits per heavy atom. The Labute approximate surface area is 107 Å². The Morgan fingerprint density at radius 3 is 2.33 bits per heavy atom. The van der Waals surface area contributed by atoms with Crippen molar-refractivity contribution in [2.45, 2.75) is 46.1 Å². The Kier molecular flexibility index (Phi) is 3.12. The van der Waals surface area contributed by atoms with E-state index in [1.165, 1.54) is 6.42 Å². The summed E-state index contributed by atoms with van der Waals surface area (Å²) in [6.45, 7) is 4.35. The van der Waals surface area contributed by atoms with Gasteiger partial charge in [0.2, 0.25) is 0 Å². The van der Waals surface area contributed by atoms with Crippen molar-refractivity contribution in [3.63, 3.8) is 0 Å². The quantitative estimate of drug-likeness (QED) is 0.690. The van der Waals surface area contributed by atoms with E-state index in [0.29, 0.717) is 5.92 Å². The lowest BCUT2D eigenvalue weighted by atomic mass is 9.70. The standard InChI is InChI=1S/C13H21BF3O/c1-9(14(15,16)17)8-18-11-7-10-5-6-13(11,4)12(10,2)3/h10-11H,1,5-8H2,2-4H3/q-1. The molecule has 1 nitrogen and oxygen atoms in total. The molecular weight excluding hydrogens is 240 g/mol. The summed E-state index contributed by atoms with van der Waals surface area (Å²) in [5.74, 6) is 0.581. The van der Waals surface area contributed by atoms with Crippen LogP contribution in [0.4, 0.5) is 12.9 Å². The van der Waals surface area contributed by atoms with E-state index in [2.05, 4.69) is 27.4 Å². The summed E-state index contributed by atoms with van der Waals surface area (Å²) in [7, 11) is 0. The largest absolute Gasteiger partial charge is 0.507 e. The monoisotopic (exact) mass is 261 g/mol. The molecule has 0 spiro atoms. The van der Waals surface area contributed by atoms with Gasteiger partial charge in [-0.1, -0.05) is 20.8 Å². The molecule has 2 rings (SSSR count). The van der Waals surface area contributed by atoms with Gasteiger partial charge in [-0.3, -0.25) is 0 Å². The molecule has 3 unspecified atom stereocenters. The van der Waals surface area contributed by atoms with Gasteiger partial charge in [-0.25, -0.2) is 0 Å². The predicted molar refractivity (Wildman–Crippen MR) is 67.2 cm³/mol. The highest BCUT2D eigenvalue weighted by Gasteiger charge is 2.61. The zero-order chi connectivity index (χ0) is 13.8. The third kappa shape index (κ3) is 1.91. The Morgan fingerprint density at radius 2 is 1.94 bits per heavy atom. The summed E-state index contributed by atoms with van der Waals surface area (Å²) in [6, 6.07) is 0. The smallest absolute Gasteiger partial charge is 0.445 e. The predicted octanol–water partition coefficient (Wildman–Crippen LogP) is 4.16. The summed E-state index contributed by atoms with van der Waals surface area (Å²) < 4.78 is 42.9. The number of halogens is 3. The highest BCUT2D eigenvalue weighted by atomic mass is 19.4. The fraction of sp³-hybridized carbons (Fsp3) is 0.846. The summed E-state index contributed by atoms with van der Waals surface area (Å²) in [6.07, 6.45) is 3.06. The van der Waals surface area contributed by atoms with E-state index < -0.39 is 12.4 Å². The molecular formula is C13H21BF3O-. The second-order valence-corrected chi connectivity index (χ2v) is 6.64. The van der Waals surface area contributed by atoms with Crippen LogP contribution in [-0.4, -0.2) is 19.7 Å². The van der Waals surface area contributed by atoms with Crippen molar-refractivity contribution in [1.29, 1.82) is 0 Å². The fourth-order valence-corrected chi connectivity index (χ4v) is 3.68. The molecule has 2 bridgehead atoms. The lowest BCUT2D eigenvalue weighted by molar-refractivity contribution is -0.0369. The number of ether oxygens (including phenoxy) is 1. The van der Waals surface area contributed by atoms with Crippen molar-refractivity contribution in [3.05, 3.63) is 12.1 Å². The first-order valence-electron chi connectivity index (χ1n) is 6.58. The van der Waals surface area contributed by atoms with Crippen LogP contribution in [-0.2, 0) is 4.74 Å². The van der Waals surface area contributed by atoms with Crippen molar-refractivity contribution >= 4 is 6.98 Å². The van der Waals surface area contributed by atoms with Crippen LogP contribution in [0.5, 0.6) is 0 Å². The maximum Gasteiger partial charge on any atom is 0.507 e. The molecule has 0 aromatic heterocycles. The zero-order valence-corrected chi connectivity index (χ0v) is 11.3. The molecule has 2 aliphatic rings. The van der Waals surface area contributed by atoms with Gasteiger partial charge in [0.25, 0.3) is 0 Å². The van der Waals surface area contributed by atoms with Crippen molar-refractivity contribution in [1.82, 2.24) is 0 Å². The van der Waals surface area contributed by atoms with Gasteiger partial charge in [-0.2, -0.15) is 0 Å². The molecule has 0 aromatic carbocycles. The summed E-state index contributed by atoms with van der Waals surface area (Å²) in [5.41, 5.74) is -0.543. The number of fused-ring (bicyclic) bond motifs is 2. The molecule has 0 aromatic rings. The number of hydrogen-bond acceptors (Lipinski definition) is 1. The molecule has 2 aliphatic carbocycles. The van der Waals surface area contributed by atoms with Gasteiger partial charge in [-0.15, -0.1) is 12.1 Å². The summed E-state index contributed by atoms with van der Waals surface area (Å²) in [4.78, 5) is 0. The highest BCUT2D eigenvalue weighted by molar-refractivity contribution is 6.66. The summed E-state index contributed by atoms with van der Waals surface area (Å²) >= 11 is 0. The molecule has 3 atom stereocenters. The molecule has 0 aliphatic heterocycles. The first-order valence-corrected chi connectivity index (χ1v) is 6.58. The summed E-state index contributed by atoms with van der Waals surface area (Å²) in [5, 5.41) is 0. The molecule has 0 N–H and O–H groups in total. The SMILES string of the molecule is C=C(COC1CC2CCC1(C)C2(C)C)[B-](F)(F)F. The third-order valence-electron chi connectivity index (χ3n) is 5.65. The van der Waals surface area contributed by atoms with Crippen LogP contribution >= 0.6 is 0 Å². The minimum atomic E-state index is -4.97. The van der Waals surface area contributed by atoms with Gasteiger partial charge in [0.05, 0.1) is 6.10 Å². The first-order chi connectivity index (χ1) is 8.09. The Hall–Kier alpha value is -0.445. The van der Waals surface area contributed by atoms with Gasteiger partial charge >= 0.3 is 6.98 Å². The zero-order valence-electron chi connectivity index (χ0n) is 11.3. The lowest BCUT2D eigenvalue weighted by Gasteiger charge is -2.39. The van der Waals surface area contributed by atoms with E-state index in [1.54, 1.807) is 0 Å². The Bertz CT molecular complexity index is 364. The maximum absolute atomic E-state index is 12.4. The van der Waals surface area contributed by atoms with Gasteiger partial charge < -0.3 is 17.7 Å². The van der Waals surface area contributed by atoms with Gasteiger partial charge in [-0.05, 0) is 36.0 Å². The molecule has 18 heavy (non-hydrogen) atoms. The van der Waals surface area contributed by atoms with Crippen LogP contribution in [0.1, 0.15) is 40.0 Å². The van der Waals surface area contributed by atoms with Crippen LogP contribution in [0.25, 0.3) is 0 Å². The van der Waals surface area contributed by atoms with Crippen LogP contribution in [0.2, 0.25) is 0 Å². The van der Waals surface area contributed by atoms with Crippen LogP contribution in [0.3, 0.4) is 0 Å². The molecule has 0 amide bonds. The second-order valence-electron chi connectivity index (χ2n) is 6.64. The van der Waals surface area contributed by atoms with E-state index in [1.807, 2.05) is 0 Å². The molecule has 0 radical (unpaired) electrons. The van der Waals surface area contributed by atoms with Crippen LogP contribution < -0.4 is 0 Å². The lowest BCUT2D eigenvalue weighted by Crippen LogP contribution is -2.38. The topological polar surface area (TPSA) is 9.23 Å². The van der Waals surface area contributed by atoms with E-state index >= 15 is 0 Å². The average molecular weight is 261 g/mol. The third-order valence-corrected chi connectivity index (χ3v) is 5.65. The molecule has 2 fully saturated rings. The Balaban J connectivity index is 2.00. The van der Waals surface area contributed by atoms with Gasteiger partial charge in [0, 0.05) is 6.61 Å².